The number of amides is 2. The predicted molar refractivity (Wildman–Crippen MR) is 179 cm³/mol. The molecule has 0 aliphatic heterocycles. The highest BCUT2D eigenvalue weighted by Crippen LogP contribution is 2.36. The van der Waals surface area contributed by atoms with E-state index in [1.54, 1.807) is 36.4 Å². The molecular formula is C36H40FN3O6S. The minimum absolute atomic E-state index is 0.0544. The topological polar surface area (TPSA) is 105 Å². The van der Waals surface area contributed by atoms with Crippen molar-refractivity contribution >= 4 is 27.5 Å². The number of anilines is 1. The Morgan fingerprint density at radius 2 is 1.49 bits per heavy atom. The minimum Gasteiger partial charge on any atom is -0.497 e. The van der Waals surface area contributed by atoms with E-state index < -0.39 is 40.2 Å². The van der Waals surface area contributed by atoms with E-state index in [2.05, 4.69) is 5.32 Å². The molecule has 0 saturated carbocycles. The molecule has 47 heavy (non-hydrogen) atoms. The number of sulfonamides is 1. The zero-order valence-electron chi connectivity index (χ0n) is 26.9. The first-order chi connectivity index (χ1) is 22.5. The fourth-order valence-electron chi connectivity index (χ4n) is 5.01. The Balaban J connectivity index is 1.86. The molecule has 1 atom stereocenters. The van der Waals surface area contributed by atoms with Crippen molar-refractivity contribution in [2.45, 2.75) is 37.8 Å². The summed E-state index contributed by atoms with van der Waals surface area (Å²) in [5, 5.41) is 2.92. The molecule has 11 heteroatoms. The zero-order valence-corrected chi connectivity index (χ0v) is 27.7. The Morgan fingerprint density at radius 3 is 2.11 bits per heavy atom. The van der Waals surface area contributed by atoms with Crippen molar-refractivity contribution in [1.29, 1.82) is 0 Å². The molecule has 248 valence electrons. The summed E-state index contributed by atoms with van der Waals surface area (Å²) >= 11 is 0. The van der Waals surface area contributed by atoms with Crippen LogP contribution in [0.5, 0.6) is 11.5 Å². The Morgan fingerprint density at radius 1 is 0.851 bits per heavy atom. The van der Waals surface area contributed by atoms with Gasteiger partial charge in [0.1, 0.15) is 29.9 Å². The van der Waals surface area contributed by atoms with Crippen LogP contribution in [0.2, 0.25) is 0 Å². The third-order valence-electron chi connectivity index (χ3n) is 7.52. The molecule has 0 heterocycles. The number of nitrogens with one attached hydrogen (secondary N) is 1. The van der Waals surface area contributed by atoms with Crippen LogP contribution in [-0.2, 0) is 32.6 Å². The Labute approximate surface area is 276 Å². The molecule has 0 saturated heterocycles. The molecule has 4 aromatic rings. The van der Waals surface area contributed by atoms with Crippen molar-refractivity contribution in [1.82, 2.24) is 10.2 Å². The normalized spacial score (nSPS) is 11.9. The number of ether oxygens (including phenoxy) is 2. The van der Waals surface area contributed by atoms with Gasteiger partial charge in [0, 0.05) is 31.1 Å². The average molecular weight is 662 g/mol. The number of rotatable bonds is 15. The zero-order chi connectivity index (χ0) is 34.0. The number of methoxy groups -OCH3 is 2. The molecule has 0 bridgehead atoms. The molecule has 0 aliphatic rings. The maximum Gasteiger partial charge on any atom is 0.264 e. The second-order valence-corrected chi connectivity index (χ2v) is 13.2. The van der Waals surface area contributed by atoms with Crippen LogP contribution in [0.25, 0.3) is 0 Å². The van der Waals surface area contributed by atoms with Crippen molar-refractivity contribution in [3.63, 3.8) is 0 Å². The lowest BCUT2D eigenvalue weighted by Gasteiger charge is -2.34. The van der Waals surface area contributed by atoms with E-state index >= 15 is 4.39 Å². The van der Waals surface area contributed by atoms with Crippen LogP contribution in [0, 0.1) is 11.7 Å². The Kier molecular flexibility index (Phi) is 12.0. The van der Waals surface area contributed by atoms with Crippen molar-refractivity contribution in [2.75, 3.05) is 31.6 Å². The molecule has 1 N–H and O–H groups in total. The minimum atomic E-state index is -4.37. The number of hydrogen-bond acceptors (Lipinski definition) is 6. The third kappa shape index (κ3) is 8.88. The summed E-state index contributed by atoms with van der Waals surface area (Å²) in [4.78, 5) is 29.6. The second kappa shape index (κ2) is 16.1. The largest absolute Gasteiger partial charge is 0.497 e. The van der Waals surface area contributed by atoms with Gasteiger partial charge >= 0.3 is 0 Å². The number of hydrogen-bond donors (Lipinski definition) is 1. The van der Waals surface area contributed by atoms with Crippen LogP contribution in [-0.4, -0.2) is 58.5 Å². The fourth-order valence-corrected chi connectivity index (χ4v) is 6.45. The third-order valence-corrected chi connectivity index (χ3v) is 9.29. The van der Waals surface area contributed by atoms with Crippen LogP contribution in [0.1, 0.15) is 25.0 Å². The van der Waals surface area contributed by atoms with E-state index in [9.17, 15) is 18.0 Å². The van der Waals surface area contributed by atoms with E-state index in [0.29, 0.717) is 12.3 Å². The predicted octanol–water partition coefficient (Wildman–Crippen LogP) is 5.45. The van der Waals surface area contributed by atoms with Gasteiger partial charge in [-0.15, -0.1) is 0 Å². The maximum atomic E-state index is 15.1. The van der Waals surface area contributed by atoms with Gasteiger partial charge in [-0.25, -0.2) is 12.8 Å². The molecule has 2 amide bonds. The number of carbonyl (C=O) groups is 2. The lowest BCUT2D eigenvalue weighted by Crippen LogP contribution is -2.53. The molecule has 0 radical (unpaired) electrons. The van der Waals surface area contributed by atoms with E-state index in [0.717, 1.165) is 9.87 Å². The summed E-state index contributed by atoms with van der Waals surface area (Å²) in [6.45, 7) is 3.23. The Hall–Kier alpha value is -4.90. The SMILES string of the molecule is COc1ccc(OC)c(N(CC(=O)N(Cc2ccccc2F)[C@H](Cc2ccccc2)C(=O)NCC(C)C)S(=O)(=O)c2ccccc2)c1. The highest BCUT2D eigenvalue weighted by molar-refractivity contribution is 7.92. The van der Waals surface area contributed by atoms with E-state index in [4.69, 9.17) is 9.47 Å². The number of benzene rings is 4. The fraction of sp³-hybridized carbons (Fsp3) is 0.278. The average Bonchev–Trinajstić information content (AvgIpc) is 3.08. The van der Waals surface area contributed by atoms with Gasteiger partial charge in [-0.1, -0.05) is 80.6 Å². The molecule has 0 spiro atoms. The highest BCUT2D eigenvalue weighted by Gasteiger charge is 2.36. The van der Waals surface area contributed by atoms with Crippen molar-refractivity contribution in [3.05, 3.63) is 120 Å². The van der Waals surface area contributed by atoms with Gasteiger partial charge in [-0.3, -0.25) is 13.9 Å². The molecule has 9 nitrogen and oxygen atoms in total. The van der Waals surface area contributed by atoms with Crippen molar-refractivity contribution in [2.24, 2.45) is 5.92 Å². The lowest BCUT2D eigenvalue weighted by atomic mass is 10.0. The highest BCUT2D eigenvalue weighted by atomic mass is 32.2. The quantitative estimate of drug-likeness (QED) is 0.182. The molecule has 0 unspecified atom stereocenters. The smallest absolute Gasteiger partial charge is 0.264 e. The van der Waals surface area contributed by atoms with E-state index in [1.165, 1.54) is 55.5 Å². The molecule has 4 rings (SSSR count). The van der Waals surface area contributed by atoms with Gasteiger partial charge < -0.3 is 19.7 Å². The Bertz CT molecular complexity index is 1750. The van der Waals surface area contributed by atoms with Crippen LogP contribution < -0.4 is 19.1 Å². The maximum absolute atomic E-state index is 15.1. The van der Waals surface area contributed by atoms with Crippen molar-refractivity contribution in [3.8, 4) is 11.5 Å². The summed E-state index contributed by atoms with van der Waals surface area (Å²) < 4.78 is 55.5. The monoisotopic (exact) mass is 661 g/mol. The summed E-state index contributed by atoms with van der Waals surface area (Å²) in [6, 6.07) is 26.3. The molecular weight excluding hydrogens is 621 g/mol. The van der Waals surface area contributed by atoms with Crippen LogP contribution in [0.15, 0.2) is 108 Å². The standard InChI is InChI=1S/C36H40FN3O6S/c1-26(2)23-38-36(42)33(21-27-13-7-5-8-14-27)39(24-28-15-11-12-18-31(28)37)35(41)25-40(47(43,44)30-16-9-6-10-17-30)32-22-29(45-3)19-20-34(32)46-4/h5-20,22,26,33H,21,23-25H2,1-4H3,(H,38,42)/t33-/m1/s1. The van der Waals surface area contributed by atoms with Crippen LogP contribution in [0.3, 0.4) is 0 Å². The molecule has 0 fully saturated rings. The van der Waals surface area contributed by atoms with Crippen LogP contribution >= 0.6 is 0 Å². The number of halogens is 1. The van der Waals surface area contributed by atoms with E-state index in [-0.39, 0.29) is 40.8 Å². The van der Waals surface area contributed by atoms with Gasteiger partial charge in [-0.2, -0.15) is 0 Å². The van der Waals surface area contributed by atoms with E-state index in [1.807, 2.05) is 44.2 Å². The van der Waals surface area contributed by atoms with Gasteiger partial charge in [0.05, 0.1) is 24.8 Å². The van der Waals surface area contributed by atoms with Crippen molar-refractivity contribution < 1.29 is 31.9 Å². The van der Waals surface area contributed by atoms with Crippen LogP contribution in [0.4, 0.5) is 10.1 Å². The second-order valence-electron chi connectivity index (χ2n) is 11.3. The first-order valence-corrected chi connectivity index (χ1v) is 16.6. The summed E-state index contributed by atoms with van der Waals surface area (Å²) in [6.07, 6.45) is 0.110. The molecule has 0 aliphatic carbocycles. The van der Waals surface area contributed by atoms with Gasteiger partial charge in [0.25, 0.3) is 10.0 Å². The first kappa shape index (κ1) is 35.0. The summed E-state index contributed by atoms with van der Waals surface area (Å²) in [5.41, 5.74) is 0.998. The number of carbonyl (C=O) groups excluding carboxylic acids is 2. The van der Waals surface area contributed by atoms with Gasteiger partial charge in [-0.05, 0) is 41.8 Å². The summed E-state index contributed by atoms with van der Waals surface area (Å²) in [7, 11) is -1.55. The van der Waals surface area contributed by atoms with Gasteiger partial charge in [0.15, 0.2) is 0 Å². The molecule has 4 aromatic carbocycles. The number of nitrogens with zero attached hydrogens (tertiary/aromatic N) is 2. The first-order valence-electron chi connectivity index (χ1n) is 15.2. The lowest BCUT2D eigenvalue weighted by molar-refractivity contribution is -0.140. The van der Waals surface area contributed by atoms with Gasteiger partial charge in [0.2, 0.25) is 11.8 Å². The summed E-state index contributed by atoms with van der Waals surface area (Å²) in [5.74, 6) is -1.09. The molecule has 0 aromatic heterocycles.